The zero-order chi connectivity index (χ0) is 15.5. The highest BCUT2D eigenvalue weighted by Gasteiger charge is 2.30. The maximum Gasteiger partial charge on any atom is 0.239 e. The average Bonchev–Trinajstić information content (AvgIpc) is 2.55. The molecule has 22 heavy (non-hydrogen) atoms. The van der Waals surface area contributed by atoms with Crippen molar-refractivity contribution >= 4 is 23.2 Å². The van der Waals surface area contributed by atoms with Crippen molar-refractivity contribution in [2.75, 3.05) is 37.6 Å². The molecule has 1 aromatic rings. The van der Waals surface area contributed by atoms with E-state index >= 15 is 0 Å². The Morgan fingerprint density at radius 1 is 1.18 bits per heavy atom. The number of nitrogens with one attached hydrogen (secondary N) is 1. The second kappa shape index (κ2) is 6.88. The zero-order valence-electron chi connectivity index (χ0n) is 13.1. The molecule has 1 aromatic carbocycles. The summed E-state index contributed by atoms with van der Waals surface area (Å²) in [5.74, 6) is 0.924. The number of hydrogen-bond acceptors (Lipinski definition) is 3. The fourth-order valence-electron chi connectivity index (χ4n) is 3.35. The Balaban J connectivity index is 1.55. The second-order valence-corrected chi connectivity index (χ2v) is 6.86. The minimum absolute atomic E-state index is 0.0193. The van der Waals surface area contributed by atoms with Crippen LogP contribution in [0.25, 0.3) is 0 Å². The van der Waals surface area contributed by atoms with Crippen molar-refractivity contribution in [3.8, 4) is 0 Å². The smallest absolute Gasteiger partial charge is 0.239 e. The van der Waals surface area contributed by atoms with Crippen LogP contribution in [0.1, 0.15) is 19.8 Å². The van der Waals surface area contributed by atoms with Gasteiger partial charge in [-0.15, -0.1) is 0 Å². The van der Waals surface area contributed by atoms with Gasteiger partial charge in [-0.1, -0.05) is 18.5 Å². The number of hydrogen-bond donors (Lipinski definition) is 1. The molecule has 0 aromatic heterocycles. The van der Waals surface area contributed by atoms with Gasteiger partial charge in [-0.3, -0.25) is 4.79 Å². The van der Waals surface area contributed by atoms with E-state index < -0.39 is 0 Å². The molecule has 2 saturated heterocycles. The molecule has 2 aliphatic heterocycles. The molecule has 2 aliphatic rings. The molecular weight excluding hydrogens is 298 g/mol. The molecule has 1 amide bonds. The number of amides is 1. The van der Waals surface area contributed by atoms with Gasteiger partial charge < -0.3 is 15.1 Å². The predicted octanol–water partition coefficient (Wildman–Crippen LogP) is 2.38. The lowest BCUT2D eigenvalue weighted by Gasteiger charge is -2.39. The van der Waals surface area contributed by atoms with Crippen molar-refractivity contribution in [1.82, 2.24) is 10.2 Å². The molecular formula is C17H24ClN3O. The summed E-state index contributed by atoms with van der Waals surface area (Å²) >= 11 is 5.93. The molecule has 0 aliphatic carbocycles. The van der Waals surface area contributed by atoms with E-state index in [1.807, 2.05) is 29.2 Å². The minimum atomic E-state index is 0.0193. The molecule has 0 saturated carbocycles. The minimum Gasteiger partial charge on any atom is -0.368 e. The monoisotopic (exact) mass is 321 g/mol. The Morgan fingerprint density at radius 3 is 2.50 bits per heavy atom. The Bertz CT molecular complexity index is 511. The summed E-state index contributed by atoms with van der Waals surface area (Å²) in [5.41, 5.74) is 1.18. The normalized spacial score (nSPS) is 26.1. The topological polar surface area (TPSA) is 35.6 Å². The van der Waals surface area contributed by atoms with E-state index in [2.05, 4.69) is 17.1 Å². The number of rotatable bonds is 2. The number of piperazine rings is 1. The Hall–Kier alpha value is -1.26. The molecule has 0 bridgehead atoms. The summed E-state index contributed by atoms with van der Waals surface area (Å²) in [7, 11) is 0. The maximum atomic E-state index is 12.6. The lowest BCUT2D eigenvalue weighted by Crippen LogP contribution is -2.55. The van der Waals surface area contributed by atoms with Crippen LogP contribution in [0, 0.1) is 5.92 Å². The van der Waals surface area contributed by atoms with Crippen LogP contribution in [0.3, 0.4) is 0 Å². The Labute approximate surface area is 137 Å². The van der Waals surface area contributed by atoms with Crippen LogP contribution < -0.4 is 10.2 Å². The van der Waals surface area contributed by atoms with E-state index in [1.165, 1.54) is 12.1 Å². The highest BCUT2D eigenvalue weighted by molar-refractivity contribution is 6.30. The van der Waals surface area contributed by atoms with Gasteiger partial charge in [0.25, 0.3) is 0 Å². The molecule has 120 valence electrons. The van der Waals surface area contributed by atoms with Gasteiger partial charge in [0.05, 0.1) is 6.04 Å². The van der Waals surface area contributed by atoms with Crippen molar-refractivity contribution in [1.29, 1.82) is 0 Å². The number of carbonyl (C=O) groups is 1. The fraction of sp³-hybridized carbons (Fsp3) is 0.588. The van der Waals surface area contributed by atoms with Crippen LogP contribution >= 0.6 is 11.6 Å². The fourth-order valence-corrected chi connectivity index (χ4v) is 3.48. The second-order valence-electron chi connectivity index (χ2n) is 6.43. The molecule has 0 radical (unpaired) electrons. The standard InChI is InChI=1S/C17H24ClN3O/c1-13-6-7-19-16(12-13)17(22)21-10-8-20(9-11-21)15-4-2-14(18)3-5-15/h2-5,13,16,19H,6-12H2,1H3. The molecule has 2 fully saturated rings. The number of piperidine rings is 1. The van der Waals surface area contributed by atoms with Gasteiger partial charge in [0.15, 0.2) is 0 Å². The summed E-state index contributed by atoms with van der Waals surface area (Å²) in [6.07, 6.45) is 2.14. The molecule has 0 spiro atoms. The van der Waals surface area contributed by atoms with E-state index in [9.17, 15) is 4.79 Å². The number of nitrogens with zero attached hydrogens (tertiary/aromatic N) is 2. The first-order valence-electron chi connectivity index (χ1n) is 8.16. The summed E-state index contributed by atoms with van der Waals surface area (Å²) in [6, 6.07) is 7.95. The summed E-state index contributed by atoms with van der Waals surface area (Å²) in [6.45, 7) is 6.56. The van der Waals surface area contributed by atoms with E-state index in [1.54, 1.807) is 0 Å². The summed E-state index contributed by atoms with van der Waals surface area (Å²) < 4.78 is 0. The molecule has 1 N–H and O–H groups in total. The lowest BCUT2D eigenvalue weighted by molar-refractivity contribution is -0.134. The summed E-state index contributed by atoms with van der Waals surface area (Å²) in [4.78, 5) is 16.9. The molecule has 3 rings (SSSR count). The van der Waals surface area contributed by atoms with Gasteiger partial charge >= 0.3 is 0 Å². The highest BCUT2D eigenvalue weighted by Crippen LogP contribution is 2.21. The number of halogens is 1. The van der Waals surface area contributed by atoms with Crippen LogP contribution in [0.2, 0.25) is 5.02 Å². The molecule has 4 nitrogen and oxygen atoms in total. The maximum absolute atomic E-state index is 12.6. The van der Waals surface area contributed by atoms with Crippen molar-refractivity contribution in [3.05, 3.63) is 29.3 Å². The third kappa shape index (κ3) is 3.55. The quantitative estimate of drug-likeness (QED) is 0.908. The Kier molecular flexibility index (Phi) is 4.89. The van der Waals surface area contributed by atoms with Crippen LogP contribution in [0.4, 0.5) is 5.69 Å². The molecule has 2 atom stereocenters. The molecule has 5 heteroatoms. The van der Waals surface area contributed by atoms with Crippen LogP contribution in [0.5, 0.6) is 0 Å². The molecule has 2 heterocycles. The van der Waals surface area contributed by atoms with E-state index in [4.69, 9.17) is 11.6 Å². The molecule has 2 unspecified atom stereocenters. The van der Waals surface area contributed by atoms with Crippen molar-refractivity contribution in [3.63, 3.8) is 0 Å². The largest absolute Gasteiger partial charge is 0.368 e. The highest BCUT2D eigenvalue weighted by atomic mass is 35.5. The number of carbonyl (C=O) groups excluding carboxylic acids is 1. The van der Waals surface area contributed by atoms with Crippen LogP contribution in [-0.4, -0.2) is 49.6 Å². The van der Waals surface area contributed by atoms with Crippen molar-refractivity contribution < 1.29 is 4.79 Å². The van der Waals surface area contributed by atoms with E-state index in [0.29, 0.717) is 5.92 Å². The summed E-state index contributed by atoms with van der Waals surface area (Å²) in [5, 5.41) is 4.14. The van der Waals surface area contributed by atoms with Crippen molar-refractivity contribution in [2.24, 2.45) is 5.92 Å². The SMILES string of the molecule is CC1CCNC(C(=O)N2CCN(c3ccc(Cl)cc3)CC2)C1. The van der Waals surface area contributed by atoms with Gasteiger partial charge in [-0.05, 0) is 49.6 Å². The van der Waals surface area contributed by atoms with E-state index in [0.717, 1.165) is 44.2 Å². The van der Waals surface area contributed by atoms with Gasteiger partial charge in [0.1, 0.15) is 0 Å². The van der Waals surface area contributed by atoms with Gasteiger partial charge in [0, 0.05) is 36.9 Å². The first kappa shape index (κ1) is 15.6. The first-order chi connectivity index (χ1) is 10.6. The lowest BCUT2D eigenvalue weighted by atomic mass is 9.93. The van der Waals surface area contributed by atoms with E-state index in [-0.39, 0.29) is 11.9 Å². The predicted molar refractivity (Wildman–Crippen MR) is 90.4 cm³/mol. The number of anilines is 1. The van der Waals surface area contributed by atoms with Crippen molar-refractivity contribution in [2.45, 2.75) is 25.8 Å². The van der Waals surface area contributed by atoms with Gasteiger partial charge in [-0.25, -0.2) is 0 Å². The number of benzene rings is 1. The van der Waals surface area contributed by atoms with Crippen LogP contribution in [0.15, 0.2) is 24.3 Å². The first-order valence-corrected chi connectivity index (χ1v) is 8.54. The average molecular weight is 322 g/mol. The third-order valence-electron chi connectivity index (χ3n) is 4.75. The third-order valence-corrected chi connectivity index (χ3v) is 5.00. The Morgan fingerprint density at radius 2 is 1.86 bits per heavy atom. The van der Waals surface area contributed by atoms with Crippen LogP contribution in [-0.2, 0) is 4.79 Å². The van der Waals surface area contributed by atoms with Gasteiger partial charge in [-0.2, -0.15) is 0 Å². The van der Waals surface area contributed by atoms with Gasteiger partial charge in [0.2, 0.25) is 5.91 Å². The zero-order valence-corrected chi connectivity index (χ0v) is 13.9.